The molecule has 1 fully saturated rings. The molecule has 28 heavy (non-hydrogen) atoms. The number of Topliss-reactive ketones (excluding diaryl/α,β-unsaturated/α-hetero) is 1. The van der Waals surface area contributed by atoms with E-state index in [1.807, 2.05) is 25.1 Å². The van der Waals surface area contributed by atoms with Crippen molar-refractivity contribution in [3.05, 3.63) is 65.2 Å². The first kappa shape index (κ1) is 19.6. The standard InChI is InChI=1S/C22H25N3O3/c1-16-6-5-8-18(14-16)21(27)22(28)23-15-20(26)25-12-10-24(11-13-25)19-9-4-3-7-17(19)2/h3-9,14H,10-13,15H2,1-2H3,(H,23,28). The zero-order chi connectivity index (χ0) is 20.1. The predicted molar refractivity (Wildman–Crippen MR) is 108 cm³/mol. The molecule has 1 saturated heterocycles. The van der Waals surface area contributed by atoms with Crippen LogP contribution < -0.4 is 10.2 Å². The van der Waals surface area contributed by atoms with Crippen LogP contribution in [-0.4, -0.2) is 55.2 Å². The minimum Gasteiger partial charge on any atom is -0.368 e. The highest BCUT2D eigenvalue weighted by atomic mass is 16.2. The van der Waals surface area contributed by atoms with Crippen molar-refractivity contribution >= 4 is 23.3 Å². The normalized spacial score (nSPS) is 13.9. The number of piperazine rings is 1. The van der Waals surface area contributed by atoms with Gasteiger partial charge in [-0.05, 0) is 31.5 Å². The summed E-state index contributed by atoms with van der Waals surface area (Å²) in [6.45, 7) is 6.44. The number of para-hydroxylation sites is 1. The molecular weight excluding hydrogens is 354 g/mol. The molecule has 0 aliphatic carbocycles. The highest BCUT2D eigenvalue weighted by Gasteiger charge is 2.23. The van der Waals surface area contributed by atoms with E-state index in [1.54, 1.807) is 23.1 Å². The molecule has 1 aliphatic rings. The van der Waals surface area contributed by atoms with Gasteiger partial charge in [0.25, 0.3) is 5.91 Å². The molecule has 0 aromatic heterocycles. The van der Waals surface area contributed by atoms with E-state index >= 15 is 0 Å². The molecule has 1 N–H and O–H groups in total. The first-order valence-electron chi connectivity index (χ1n) is 9.43. The number of hydrogen-bond acceptors (Lipinski definition) is 4. The summed E-state index contributed by atoms with van der Waals surface area (Å²) in [6.07, 6.45) is 0. The molecule has 6 heteroatoms. The number of anilines is 1. The molecule has 6 nitrogen and oxygen atoms in total. The van der Waals surface area contributed by atoms with Crippen molar-refractivity contribution < 1.29 is 14.4 Å². The molecule has 0 saturated carbocycles. The second-order valence-electron chi connectivity index (χ2n) is 7.04. The fourth-order valence-electron chi connectivity index (χ4n) is 3.38. The molecule has 1 heterocycles. The Morgan fingerprint density at radius 2 is 1.64 bits per heavy atom. The zero-order valence-electron chi connectivity index (χ0n) is 16.3. The third-order valence-corrected chi connectivity index (χ3v) is 4.98. The van der Waals surface area contributed by atoms with Gasteiger partial charge in [0.2, 0.25) is 11.7 Å². The number of hydrogen-bond donors (Lipinski definition) is 1. The van der Waals surface area contributed by atoms with Crippen LogP contribution in [0.3, 0.4) is 0 Å². The topological polar surface area (TPSA) is 69.7 Å². The van der Waals surface area contributed by atoms with Crippen LogP contribution in [0.25, 0.3) is 0 Å². The Bertz CT molecular complexity index is 886. The highest BCUT2D eigenvalue weighted by Crippen LogP contribution is 2.20. The van der Waals surface area contributed by atoms with Crippen molar-refractivity contribution in [1.82, 2.24) is 10.2 Å². The Morgan fingerprint density at radius 3 is 2.32 bits per heavy atom. The fourth-order valence-corrected chi connectivity index (χ4v) is 3.38. The quantitative estimate of drug-likeness (QED) is 0.637. The molecule has 0 unspecified atom stereocenters. The summed E-state index contributed by atoms with van der Waals surface area (Å²) in [7, 11) is 0. The molecule has 0 bridgehead atoms. The third-order valence-electron chi connectivity index (χ3n) is 4.98. The van der Waals surface area contributed by atoms with E-state index in [-0.39, 0.29) is 12.5 Å². The summed E-state index contributed by atoms with van der Waals surface area (Å²) in [5, 5.41) is 2.46. The van der Waals surface area contributed by atoms with Gasteiger partial charge in [-0.2, -0.15) is 0 Å². The minimum absolute atomic E-state index is 0.166. The highest BCUT2D eigenvalue weighted by molar-refractivity contribution is 6.43. The van der Waals surface area contributed by atoms with Crippen molar-refractivity contribution in [3.63, 3.8) is 0 Å². The van der Waals surface area contributed by atoms with E-state index in [4.69, 9.17) is 0 Å². The number of carbonyl (C=O) groups excluding carboxylic acids is 3. The van der Waals surface area contributed by atoms with Crippen LogP contribution in [0.4, 0.5) is 5.69 Å². The van der Waals surface area contributed by atoms with Crippen LogP contribution >= 0.6 is 0 Å². The molecule has 0 spiro atoms. The molecule has 2 amide bonds. The van der Waals surface area contributed by atoms with Gasteiger partial charge in [-0.1, -0.05) is 42.0 Å². The Labute approximate surface area is 165 Å². The van der Waals surface area contributed by atoms with Gasteiger partial charge in [-0.3, -0.25) is 14.4 Å². The second kappa shape index (κ2) is 8.69. The van der Waals surface area contributed by atoms with Crippen LogP contribution in [0, 0.1) is 13.8 Å². The van der Waals surface area contributed by atoms with Crippen molar-refractivity contribution in [2.75, 3.05) is 37.6 Å². The summed E-state index contributed by atoms with van der Waals surface area (Å²) in [6, 6.07) is 15.0. The Kier molecular flexibility index (Phi) is 6.09. The number of rotatable bonds is 5. The Morgan fingerprint density at radius 1 is 0.929 bits per heavy atom. The van der Waals surface area contributed by atoms with Gasteiger partial charge in [0.05, 0.1) is 6.54 Å². The van der Waals surface area contributed by atoms with Crippen LogP contribution in [0.2, 0.25) is 0 Å². The van der Waals surface area contributed by atoms with E-state index in [0.717, 1.165) is 18.7 Å². The third kappa shape index (κ3) is 4.57. The molecule has 0 radical (unpaired) electrons. The van der Waals surface area contributed by atoms with Gasteiger partial charge in [0.1, 0.15) is 0 Å². The van der Waals surface area contributed by atoms with Crippen molar-refractivity contribution in [3.8, 4) is 0 Å². The van der Waals surface area contributed by atoms with Gasteiger partial charge < -0.3 is 15.1 Å². The first-order chi connectivity index (χ1) is 13.5. The summed E-state index contributed by atoms with van der Waals surface area (Å²) in [5.41, 5.74) is 3.63. The maximum atomic E-state index is 12.4. The Hall–Kier alpha value is -3.15. The number of benzene rings is 2. The van der Waals surface area contributed by atoms with Gasteiger partial charge in [0, 0.05) is 37.4 Å². The average Bonchev–Trinajstić information content (AvgIpc) is 2.71. The molecule has 3 rings (SSSR count). The molecule has 2 aromatic rings. The molecular formula is C22H25N3O3. The minimum atomic E-state index is -0.752. The van der Waals surface area contributed by atoms with Gasteiger partial charge >= 0.3 is 0 Å². The monoisotopic (exact) mass is 379 g/mol. The maximum absolute atomic E-state index is 12.4. The van der Waals surface area contributed by atoms with E-state index in [9.17, 15) is 14.4 Å². The van der Waals surface area contributed by atoms with Gasteiger partial charge in [-0.15, -0.1) is 0 Å². The van der Waals surface area contributed by atoms with E-state index in [2.05, 4.69) is 29.3 Å². The van der Waals surface area contributed by atoms with Crippen molar-refractivity contribution in [2.24, 2.45) is 0 Å². The summed E-state index contributed by atoms with van der Waals surface area (Å²) in [5.74, 6) is -1.55. The number of amides is 2. The summed E-state index contributed by atoms with van der Waals surface area (Å²) in [4.78, 5) is 40.6. The summed E-state index contributed by atoms with van der Waals surface area (Å²) >= 11 is 0. The maximum Gasteiger partial charge on any atom is 0.292 e. The van der Waals surface area contributed by atoms with Crippen LogP contribution in [0.15, 0.2) is 48.5 Å². The van der Waals surface area contributed by atoms with E-state index in [0.29, 0.717) is 18.7 Å². The Balaban J connectivity index is 1.49. The van der Waals surface area contributed by atoms with Crippen LogP contribution in [0.1, 0.15) is 21.5 Å². The second-order valence-corrected chi connectivity index (χ2v) is 7.04. The van der Waals surface area contributed by atoms with Gasteiger partial charge in [0.15, 0.2) is 0 Å². The zero-order valence-corrected chi connectivity index (χ0v) is 16.3. The van der Waals surface area contributed by atoms with Crippen LogP contribution in [0.5, 0.6) is 0 Å². The lowest BCUT2D eigenvalue weighted by Crippen LogP contribution is -2.51. The molecule has 146 valence electrons. The lowest BCUT2D eigenvalue weighted by Gasteiger charge is -2.36. The van der Waals surface area contributed by atoms with Gasteiger partial charge in [-0.25, -0.2) is 0 Å². The number of ketones is 1. The number of carbonyl (C=O) groups is 3. The SMILES string of the molecule is Cc1cccc(C(=O)C(=O)NCC(=O)N2CCN(c3ccccc3C)CC2)c1. The molecule has 2 aromatic carbocycles. The largest absolute Gasteiger partial charge is 0.368 e. The number of aryl methyl sites for hydroxylation is 2. The van der Waals surface area contributed by atoms with E-state index < -0.39 is 11.7 Å². The fraction of sp³-hybridized carbons (Fsp3) is 0.318. The first-order valence-corrected chi connectivity index (χ1v) is 9.43. The van der Waals surface area contributed by atoms with Crippen LogP contribution in [-0.2, 0) is 9.59 Å². The number of nitrogens with one attached hydrogen (secondary N) is 1. The smallest absolute Gasteiger partial charge is 0.292 e. The summed E-state index contributed by atoms with van der Waals surface area (Å²) < 4.78 is 0. The average molecular weight is 379 g/mol. The number of nitrogens with zero attached hydrogens (tertiary/aromatic N) is 2. The lowest BCUT2D eigenvalue weighted by molar-refractivity contribution is -0.132. The molecule has 0 atom stereocenters. The van der Waals surface area contributed by atoms with Crippen molar-refractivity contribution in [1.29, 1.82) is 0 Å². The lowest BCUT2D eigenvalue weighted by atomic mass is 10.1. The van der Waals surface area contributed by atoms with E-state index in [1.165, 1.54) is 11.3 Å². The van der Waals surface area contributed by atoms with Crippen molar-refractivity contribution in [2.45, 2.75) is 13.8 Å². The molecule has 1 aliphatic heterocycles. The predicted octanol–water partition coefficient (Wildman–Crippen LogP) is 1.95.